The Morgan fingerprint density at radius 3 is 2.86 bits per heavy atom. The highest BCUT2D eigenvalue weighted by Crippen LogP contribution is 2.28. The van der Waals surface area contributed by atoms with Gasteiger partial charge in [-0.3, -0.25) is 4.79 Å². The van der Waals surface area contributed by atoms with E-state index in [9.17, 15) is 17.6 Å². The van der Waals surface area contributed by atoms with Gasteiger partial charge in [0, 0.05) is 29.1 Å². The monoisotopic (exact) mass is 353 g/mol. The predicted molar refractivity (Wildman–Crippen MR) is 78.7 cm³/mol. The van der Waals surface area contributed by atoms with Gasteiger partial charge in [0.05, 0.1) is 6.42 Å². The molecule has 1 aromatic carbocycles. The quantitative estimate of drug-likeness (QED) is 0.896. The molecule has 0 aliphatic carbocycles. The molecule has 1 unspecified atom stereocenters. The van der Waals surface area contributed by atoms with Gasteiger partial charge in [0.15, 0.2) is 0 Å². The minimum Gasteiger partial charge on any atom is -0.481 e. The van der Waals surface area contributed by atoms with E-state index in [0.717, 1.165) is 16.4 Å². The summed E-state index contributed by atoms with van der Waals surface area (Å²) in [5.41, 5.74) is 0. The van der Waals surface area contributed by atoms with E-state index in [2.05, 4.69) is 0 Å². The Kier molecular flexibility index (Phi) is 5.13. The molecule has 0 amide bonds. The number of benzene rings is 1. The minimum atomic E-state index is -4.08. The number of sulfonamides is 1. The van der Waals surface area contributed by atoms with Crippen LogP contribution >= 0.6 is 23.4 Å². The van der Waals surface area contributed by atoms with Gasteiger partial charge >= 0.3 is 5.97 Å². The Balaban J connectivity index is 2.38. The first-order chi connectivity index (χ1) is 9.82. The van der Waals surface area contributed by atoms with Crippen molar-refractivity contribution in [2.45, 2.75) is 17.4 Å². The Hall–Kier alpha value is -0.830. The molecule has 0 spiro atoms. The average Bonchev–Trinajstić information content (AvgIpc) is 2.37. The van der Waals surface area contributed by atoms with Crippen LogP contribution in [-0.4, -0.2) is 47.9 Å². The molecule has 0 bridgehead atoms. The highest BCUT2D eigenvalue weighted by Gasteiger charge is 2.36. The summed E-state index contributed by atoms with van der Waals surface area (Å²) in [7, 11) is -4.08. The fourth-order valence-electron chi connectivity index (χ4n) is 2.13. The molecular formula is C12H13ClFNO4S2. The Morgan fingerprint density at radius 2 is 2.24 bits per heavy atom. The van der Waals surface area contributed by atoms with Crippen molar-refractivity contribution in [2.24, 2.45) is 0 Å². The zero-order valence-electron chi connectivity index (χ0n) is 10.8. The molecule has 1 heterocycles. The Bertz CT molecular complexity index is 653. The number of halogens is 2. The molecule has 1 aliphatic rings. The number of carbonyl (C=O) groups is 1. The third-order valence-electron chi connectivity index (χ3n) is 3.06. The summed E-state index contributed by atoms with van der Waals surface area (Å²) in [6.07, 6.45) is -0.304. The number of aliphatic carboxylic acids is 1. The summed E-state index contributed by atoms with van der Waals surface area (Å²) in [6, 6.07) is 2.65. The summed E-state index contributed by atoms with van der Waals surface area (Å²) >= 11 is 7.10. The maximum Gasteiger partial charge on any atom is 0.305 e. The molecule has 1 aliphatic heterocycles. The van der Waals surface area contributed by atoms with Crippen LogP contribution in [-0.2, 0) is 14.8 Å². The molecule has 1 atom stereocenters. The van der Waals surface area contributed by atoms with Crippen LogP contribution < -0.4 is 0 Å². The van der Waals surface area contributed by atoms with E-state index >= 15 is 0 Å². The number of hydrogen-bond acceptors (Lipinski definition) is 4. The predicted octanol–water partition coefficient (Wildman–Crippen LogP) is 2.06. The summed E-state index contributed by atoms with van der Waals surface area (Å²) < 4.78 is 40.1. The van der Waals surface area contributed by atoms with Gasteiger partial charge in [-0.15, -0.1) is 0 Å². The largest absolute Gasteiger partial charge is 0.481 e. The fourth-order valence-corrected chi connectivity index (χ4v) is 5.23. The number of thioether (sulfide) groups is 1. The zero-order valence-corrected chi connectivity index (χ0v) is 13.2. The second-order valence-corrected chi connectivity index (χ2v) is 7.96. The topological polar surface area (TPSA) is 74.7 Å². The first-order valence-electron chi connectivity index (χ1n) is 6.09. The van der Waals surface area contributed by atoms with Crippen molar-refractivity contribution in [3.05, 3.63) is 29.0 Å². The molecule has 21 heavy (non-hydrogen) atoms. The molecule has 2 rings (SSSR count). The van der Waals surface area contributed by atoms with Gasteiger partial charge in [-0.05, 0) is 18.2 Å². The van der Waals surface area contributed by atoms with Crippen LogP contribution in [0.3, 0.4) is 0 Å². The van der Waals surface area contributed by atoms with Crippen molar-refractivity contribution in [1.29, 1.82) is 0 Å². The fraction of sp³-hybridized carbons (Fsp3) is 0.417. The van der Waals surface area contributed by atoms with Gasteiger partial charge in [0.2, 0.25) is 10.0 Å². The number of nitrogens with zero attached hydrogens (tertiary/aromatic N) is 1. The van der Waals surface area contributed by atoms with Crippen molar-refractivity contribution in [1.82, 2.24) is 4.31 Å². The van der Waals surface area contributed by atoms with E-state index in [0.29, 0.717) is 11.5 Å². The van der Waals surface area contributed by atoms with E-state index < -0.39 is 32.7 Å². The molecule has 1 fully saturated rings. The smallest absolute Gasteiger partial charge is 0.305 e. The van der Waals surface area contributed by atoms with Crippen molar-refractivity contribution in [3.63, 3.8) is 0 Å². The number of carboxylic acid groups (broad SMARTS) is 1. The minimum absolute atomic E-state index is 0.0998. The van der Waals surface area contributed by atoms with E-state index in [1.807, 2.05) is 0 Å². The lowest BCUT2D eigenvalue weighted by molar-refractivity contribution is -0.137. The second-order valence-electron chi connectivity index (χ2n) is 4.52. The van der Waals surface area contributed by atoms with Crippen molar-refractivity contribution < 1.29 is 22.7 Å². The van der Waals surface area contributed by atoms with Gasteiger partial charge in [-0.2, -0.15) is 16.1 Å². The molecular weight excluding hydrogens is 341 g/mol. The van der Waals surface area contributed by atoms with Gasteiger partial charge in [0.25, 0.3) is 0 Å². The lowest BCUT2D eigenvalue weighted by Gasteiger charge is -2.33. The standard InChI is InChI=1S/C12H13ClFNO4S2/c13-8-1-2-11(10(14)5-8)21(18,19)15-3-4-20-7-9(15)6-12(16)17/h1-2,5,9H,3-4,6-7H2,(H,16,17). The molecule has 1 N–H and O–H groups in total. The van der Waals surface area contributed by atoms with Crippen molar-refractivity contribution in [3.8, 4) is 0 Å². The van der Waals surface area contributed by atoms with Crippen LogP contribution in [0.2, 0.25) is 5.02 Å². The second kappa shape index (κ2) is 6.51. The Morgan fingerprint density at radius 1 is 1.52 bits per heavy atom. The van der Waals surface area contributed by atoms with Crippen molar-refractivity contribution >= 4 is 39.4 Å². The van der Waals surface area contributed by atoms with Gasteiger partial charge in [-0.25, -0.2) is 12.8 Å². The highest BCUT2D eigenvalue weighted by atomic mass is 35.5. The number of carboxylic acids is 1. The lowest BCUT2D eigenvalue weighted by Crippen LogP contribution is -2.47. The lowest BCUT2D eigenvalue weighted by atomic mass is 10.2. The highest BCUT2D eigenvalue weighted by molar-refractivity contribution is 7.99. The van der Waals surface area contributed by atoms with E-state index in [1.54, 1.807) is 0 Å². The summed E-state index contributed by atoms with van der Waals surface area (Å²) in [5, 5.41) is 8.99. The van der Waals surface area contributed by atoms with Crippen LogP contribution in [0.1, 0.15) is 6.42 Å². The third-order valence-corrected chi connectivity index (χ3v) is 6.38. The maximum atomic E-state index is 13.9. The van der Waals surface area contributed by atoms with Crippen LogP contribution in [0, 0.1) is 5.82 Å². The molecule has 1 saturated heterocycles. The molecule has 5 nitrogen and oxygen atoms in total. The number of rotatable bonds is 4. The zero-order chi connectivity index (χ0) is 15.6. The summed E-state index contributed by atoms with van der Waals surface area (Å²) in [6.45, 7) is 0.160. The average molecular weight is 354 g/mol. The van der Waals surface area contributed by atoms with Crippen LogP contribution in [0.4, 0.5) is 4.39 Å². The van der Waals surface area contributed by atoms with Gasteiger partial charge in [-0.1, -0.05) is 11.6 Å². The first-order valence-corrected chi connectivity index (χ1v) is 9.06. The van der Waals surface area contributed by atoms with E-state index in [4.69, 9.17) is 16.7 Å². The molecule has 0 radical (unpaired) electrons. The van der Waals surface area contributed by atoms with Crippen molar-refractivity contribution in [2.75, 3.05) is 18.1 Å². The van der Waals surface area contributed by atoms with Gasteiger partial charge in [0.1, 0.15) is 10.7 Å². The number of hydrogen-bond donors (Lipinski definition) is 1. The molecule has 116 valence electrons. The summed E-state index contributed by atoms with van der Waals surface area (Å²) in [4.78, 5) is 10.4. The molecule has 0 aromatic heterocycles. The van der Waals surface area contributed by atoms with E-state index in [-0.39, 0.29) is 18.0 Å². The first kappa shape index (κ1) is 16.5. The van der Waals surface area contributed by atoms with Crippen LogP contribution in [0.15, 0.2) is 23.1 Å². The van der Waals surface area contributed by atoms with Crippen LogP contribution in [0.5, 0.6) is 0 Å². The Labute approximate surface area is 131 Å². The van der Waals surface area contributed by atoms with Gasteiger partial charge < -0.3 is 5.11 Å². The molecule has 1 aromatic rings. The van der Waals surface area contributed by atoms with E-state index in [1.165, 1.54) is 17.8 Å². The normalized spacial score (nSPS) is 20.4. The third kappa shape index (κ3) is 3.68. The SMILES string of the molecule is O=C(O)CC1CSCCN1S(=O)(=O)c1ccc(Cl)cc1F. The maximum absolute atomic E-state index is 13.9. The summed E-state index contributed by atoms with van der Waals surface area (Å²) in [5.74, 6) is -1.10. The molecule has 0 saturated carbocycles. The molecule has 9 heteroatoms. The van der Waals surface area contributed by atoms with Crippen LogP contribution in [0.25, 0.3) is 0 Å².